The third kappa shape index (κ3) is 6.19. The topological polar surface area (TPSA) is 61.4 Å². The first-order chi connectivity index (χ1) is 9.45. The molecule has 0 amide bonds. The maximum atomic E-state index is 12.0. The second-order valence-electron chi connectivity index (χ2n) is 4.48. The lowest BCUT2D eigenvalue weighted by Gasteiger charge is -2.17. The summed E-state index contributed by atoms with van der Waals surface area (Å²) in [5, 5.41) is 3.76. The number of nitrogens with one attached hydrogen (secondary N) is 2. The van der Waals surface area contributed by atoms with Crippen LogP contribution in [-0.4, -0.2) is 39.4 Å². The first kappa shape index (κ1) is 17.4. The molecule has 1 aromatic rings. The quantitative estimate of drug-likeness (QED) is 0.680. The van der Waals surface area contributed by atoms with Gasteiger partial charge in [-0.05, 0) is 37.2 Å². The normalized spacial score (nSPS) is 12.0. The van der Waals surface area contributed by atoms with Crippen LogP contribution in [0.25, 0.3) is 0 Å². The van der Waals surface area contributed by atoms with Crippen molar-refractivity contribution in [2.75, 3.05) is 26.7 Å². The first-order valence-electron chi connectivity index (χ1n) is 6.62. The molecule has 0 spiro atoms. The molecule has 0 saturated heterocycles. The van der Waals surface area contributed by atoms with Crippen molar-refractivity contribution in [3.05, 3.63) is 34.9 Å². The summed E-state index contributed by atoms with van der Waals surface area (Å²) in [5.74, 6) is 0. The summed E-state index contributed by atoms with van der Waals surface area (Å²) in [6.45, 7) is 4.44. The van der Waals surface area contributed by atoms with Gasteiger partial charge in [0.25, 0.3) is 10.2 Å². The van der Waals surface area contributed by atoms with Crippen LogP contribution in [0.3, 0.4) is 0 Å². The smallest absolute Gasteiger partial charge is 0.279 e. The van der Waals surface area contributed by atoms with Crippen molar-refractivity contribution in [1.29, 1.82) is 0 Å². The van der Waals surface area contributed by atoms with E-state index in [-0.39, 0.29) is 6.54 Å². The monoisotopic (exact) mass is 319 g/mol. The molecule has 0 saturated carbocycles. The van der Waals surface area contributed by atoms with Gasteiger partial charge in [-0.2, -0.15) is 17.4 Å². The van der Waals surface area contributed by atoms with Gasteiger partial charge in [0.2, 0.25) is 0 Å². The highest BCUT2D eigenvalue weighted by Gasteiger charge is 2.16. The van der Waals surface area contributed by atoms with Gasteiger partial charge in [0, 0.05) is 25.2 Å². The molecule has 0 aliphatic heterocycles. The van der Waals surface area contributed by atoms with Crippen molar-refractivity contribution in [3.63, 3.8) is 0 Å². The number of hydrogen-bond acceptors (Lipinski definition) is 3. The average Bonchev–Trinajstić information content (AvgIpc) is 2.41. The predicted octanol–water partition coefficient (Wildman–Crippen LogP) is 1.61. The highest BCUT2D eigenvalue weighted by molar-refractivity contribution is 7.87. The Balaban J connectivity index is 2.44. The summed E-state index contributed by atoms with van der Waals surface area (Å²) in [4.78, 5) is 0. The molecule has 0 heterocycles. The van der Waals surface area contributed by atoms with E-state index in [9.17, 15) is 8.42 Å². The van der Waals surface area contributed by atoms with Crippen LogP contribution >= 0.6 is 11.6 Å². The molecule has 0 unspecified atom stereocenters. The fraction of sp³-hybridized carbons (Fsp3) is 0.538. The number of halogens is 1. The van der Waals surface area contributed by atoms with Crippen molar-refractivity contribution >= 4 is 21.8 Å². The van der Waals surface area contributed by atoms with Crippen LogP contribution in [0.5, 0.6) is 0 Å². The van der Waals surface area contributed by atoms with E-state index in [1.54, 1.807) is 25.2 Å². The second kappa shape index (κ2) is 8.59. The number of rotatable bonds is 9. The van der Waals surface area contributed by atoms with E-state index in [0.29, 0.717) is 11.6 Å². The largest absolute Gasteiger partial charge is 0.317 e. The molecule has 0 aliphatic rings. The summed E-state index contributed by atoms with van der Waals surface area (Å²) < 4.78 is 27.9. The Morgan fingerprint density at radius 3 is 2.75 bits per heavy atom. The molecule has 0 atom stereocenters. The third-order valence-corrected chi connectivity index (χ3v) is 4.58. The lowest BCUT2D eigenvalue weighted by Crippen LogP contribution is -2.39. The lowest BCUT2D eigenvalue weighted by atomic mass is 10.2. The zero-order chi connectivity index (χ0) is 15.0. The number of nitrogens with zero attached hydrogens (tertiary/aromatic N) is 1. The van der Waals surface area contributed by atoms with Crippen LogP contribution in [-0.2, 0) is 16.8 Å². The van der Waals surface area contributed by atoms with Crippen molar-refractivity contribution in [1.82, 2.24) is 14.3 Å². The Bertz CT molecular complexity index is 508. The highest BCUT2D eigenvalue weighted by atomic mass is 35.5. The van der Waals surface area contributed by atoms with Crippen molar-refractivity contribution in [2.24, 2.45) is 0 Å². The summed E-state index contributed by atoms with van der Waals surface area (Å²) in [5.41, 5.74) is 0.835. The lowest BCUT2D eigenvalue weighted by molar-refractivity contribution is 0.445. The van der Waals surface area contributed by atoms with Gasteiger partial charge < -0.3 is 5.32 Å². The molecular formula is C13H22ClN3O2S. The third-order valence-electron chi connectivity index (χ3n) is 2.83. The predicted molar refractivity (Wildman–Crippen MR) is 83.0 cm³/mol. The van der Waals surface area contributed by atoms with Crippen LogP contribution in [0.1, 0.15) is 18.9 Å². The van der Waals surface area contributed by atoms with Gasteiger partial charge in [0.05, 0.1) is 0 Å². The zero-order valence-corrected chi connectivity index (χ0v) is 13.5. The summed E-state index contributed by atoms with van der Waals surface area (Å²) >= 11 is 5.86. The van der Waals surface area contributed by atoms with Gasteiger partial charge in [-0.1, -0.05) is 30.7 Å². The fourth-order valence-corrected chi connectivity index (χ4v) is 2.81. The minimum Gasteiger partial charge on any atom is -0.317 e. The second-order valence-corrected chi connectivity index (χ2v) is 6.78. The average molecular weight is 320 g/mol. The fourth-order valence-electron chi connectivity index (χ4n) is 1.66. The highest BCUT2D eigenvalue weighted by Crippen LogP contribution is 2.10. The van der Waals surface area contributed by atoms with Crippen LogP contribution in [0, 0.1) is 0 Å². The Kier molecular flexibility index (Phi) is 7.47. The van der Waals surface area contributed by atoms with Crippen molar-refractivity contribution in [2.45, 2.75) is 19.9 Å². The van der Waals surface area contributed by atoms with Gasteiger partial charge in [-0.3, -0.25) is 0 Å². The van der Waals surface area contributed by atoms with E-state index in [2.05, 4.69) is 10.0 Å². The molecule has 1 rings (SSSR count). The Labute approximate surface area is 126 Å². The number of benzene rings is 1. The van der Waals surface area contributed by atoms with Gasteiger partial charge in [-0.15, -0.1) is 0 Å². The summed E-state index contributed by atoms with van der Waals surface area (Å²) in [6.07, 6.45) is 0.780. The van der Waals surface area contributed by atoms with Gasteiger partial charge in [-0.25, -0.2) is 0 Å². The molecule has 7 heteroatoms. The molecule has 0 aromatic heterocycles. The molecule has 114 valence electrons. The molecule has 0 fully saturated rings. The van der Waals surface area contributed by atoms with Crippen LogP contribution in [0.2, 0.25) is 5.02 Å². The maximum absolute atomic E-state index is 12.0. The standard InChI is InChI=1S/C13H22ClN3O2S/c1-3-15-8-5-9-17(2)20(18,19)16-11-12-6-4-7-13(14)10-12/h4,6-7,10,15-16H,3,5,8-9,11H2,1-2H3. The van der Waals surface area contributed by atoms with Gasteiger partial charge in [0.1, 0.15) is 0 Å². The summed E-state index contributed by atoms with van der Waals surface area (Å²) in [6, 6.07) is 7.13. The first-order valence-corrected chi connectivity index (χ1v) is 8.43. The molecule has 0 aliphatic carbocycles. The Hall–Kier alpha value is -0.660. The van der Waals surface area contributed by atoms with Crippen molar-refractivity contribution in [3.8, 4) is 0 Å². The SMILES string of the molecule is CCNCCCN(C)S(=O)(=O)NCc1cccc(Cl)c1. The van der Waals surface area contributed by atoms with E-state index in [1.807, 2.05) is 13.0 Å². The Morgan fingerprint density at radius 2 is 2.10 bits per heavy atom. The molecule has 0 bridgehead atoms. The molecule has 5 nitrogen and oxygen atoms in total. The molecule has 2 N–H and O–H groups in total. The van der Waals surface area contributed by atoms with Crippen LogP contribution in [0.4, 0.5) is 0 Å². The van der Waals surface area contributed by atoms with Gasteiger partial charge >= 0.3 is 0 Å². The van der Waals surface area contributed by atoms with E-state index in [4.69, 9.17) is 11.6 Å². The van der Waals surface area contributed by atoms with Gasteiger partial charge in [0.15, 0.2) is 0 Å². The zero-order valence-electron chi connectivity index (χ0n) is 11.9. The maximum Gasteiger partial charge on any atom is 0.279 e. The molecule has 20 heavy (non-hydrogen) atoms. The summed E-state index contributed by atoms with van der Waals surface area (Å²) in [7, 11) is -1.87. The van der Waals surface area contributed by atoms with Crippen molar-refractivity contribution < 1.29 is 8.42 Å². The minimum absolute atomic E-state index is 0.237. The molecule has 0 radical (unpaired) electrons. The van der Waals surface area contributed by atoms with Crippen LogP contribution in [0.15, 0.2) is 24.3 Å². The van der Waals surface area contributed by atoms with E-state index < -0.39 is 10.2 Å². The van der Waals surface area contributed by atoms with Crippen LogP contribution < -0.4 is 10.0 Å². The molecule has 1 aromatic carbocycles. The number of hydrogen-bond donors (Lipinski definition) is 2. The minimum atomic E-state index is -3.45. The van der Waals surface area contributed by atoms with E-state index >= 15 is 0 Å². The Morgan fingerprint density at radius 1 is 1.35 bits per heavy atom. The molecular weight excluding hydrogens is 298 g/mol. The van der Waals surface area contributed by atoms with E-state index in [0.717, 1.165) is 25.1 Å². The van der Waals surface area contributed by atoms with E-state index in [1.165, 1.54) is 4.31 Å².